The number of benzene rings is 3. The first-order valence-corrected chi connectivity index (χ1v) is 11.8. The average molecular weight is 472 g/mol. The number of ether oxygens (including phenoxy) is 2. The fourth-order valence-electron chi connectivity index (χ4n) is 4.71. The number of aliphatic hydroxyl groups excluding tert-OH is 1. The van der Waals surface area contributed by atoms with E-state index in [4.69, 9.17) is 14.5 Å². The molecular weight excluding hydrogens is 442 g/mol. The Hall–Kier alpha value is -3.84. The lowest BCUT2D eigenvalue weighted by Crippen LogP contribution is -2.27. The summed E-state index contributed by atoms with van der Waals surface area (Å²) in [6.07, 6.45) is -0.367. The highest BCUT2D eigenvalue weighted by molar-refractivity contribution is 5.97. The van der Waals surface area contributed by atoms with E-state index < -0.39 is 6.10 Å². The number of aliphatic hydroxyl groups is 1. The van der Waals surface area contributed by atoms with Crippen molar-refractivity contribution in [1.29, 1.82) is 0 Å². The van der Waals surface area contributed by atoms with Crippen molar-refractivity contribution in [1.82, 2.24) is 9.55 Å². The molecule has 2 atom stereocenters. The molecule has 0 bridgehead atoms. The van der Waals surface area contributed by atoms with Crippen LogP contribution in [0.1, 0.15) is 23.7 Å². The van der Waals surface area contributed by atoms with Crippen molar-refractivity contribution in [2.45, 2.75) is 31.9 Å². The number of rotatable bonds is 8. The van der Waals surface area contributed by atoms with Crippen molar-refractivity contribution in [3.63, 3.8) is 0 Å². The third-order valence-electron chi connectivity index (χ3n) is 6.48. The number of hydrogen-bond donors (Lipinski definition) is 1. The van der Waals surface area contributed by atoms with E-state index in [1.807, 2.05) is 89.2 Å². The van der Waals surface area contributed by atoms with Crippen molar-refractivity contribution in [2.75, 3.05) is 25.2 Å². The zero-order valence-corrected chi connectivity index (χ0v) is 19.9. The summed E-state index contributed by atoms with van der Waals surface area (Å²) < 4.78 is 13.0. The molecule has 7 nitrogen and oxygen atoms in total. The van der Waals surface area contributed by atoms with E-state index in [2.05, 4.69) is 0 Å². The number of imidazole rings is 1. The van der Waals surface area contributed by atoms with Gasteiger partial charge in [-0.05, 0) is 55.0 Å². The van der Waals surface area contributed by atoms with Gasteiger partial charge in [0.25, 0.3) is 0 Å². The van der Waals surface area contributed by atoms with Crippen LogP contribution in [0.3, 0.4) is 0 Å². The highest BCUT2D eigenvalue weighted by atomic mass is 16.5. The number of amides is 1. The van der Waals surface area contributed by atoms with Gasteiger partial charge in [-0.25, -0.2) is 4.98 Å². The van der Waals surface area contributed by atoms with E-state index in [0.29, 0.717) is 25.3 Å². The van der Waals surface area contributed by atoms with Crippen LogP contribution in [0.4, 0.5) is 5.69 Å². The van der Waals surface area contributed by atoms with Gasteiger partial charge in [-0.15, -0.1) is 0 Å². The van der Waals surface area contributed by atoms with E-state index in [1.165, 1.54) is 0 Å². The minimum atomic E-state index is -0.752. The molecule has 1 aromatic heterocycles. The zero-order valence-electron chi connectivity index (χ0n) is 19.9. The summed E-state index contributed by atoms with van der Waals surface area (Å²) in [6.45, 7) is 3.04. The predicted octanol–water partition coefficient (Wildman–Crippen LogP) is 4.31. The number of carbonyl (C=O) groups excluding carboxylic acids is 1. The first kappa shape index (κ1) is 22.9. The molecule has 1 aliphatic heterocycles. The molecule has 1 saturated heterocycles. The second-order valence-corrected chi connectivity index (χ2v) is 8.90. The highest BCUT2D eigenvalue weighted by Gasteiger charge is 2.35. The second-order valence-electron chi connectivity index (χ2n) is 8.90. The topological polar surface area (TPSA) is 76.8 Å². The van der Waals surface area contributed by atoms with Crippen LogP contribution in [-0.2, 0) is 11.3 Å². The third-order valence-corrected chi connectivity index (χ3v) is 6.48. The first-order valence-electron chi connectivity index (χ1n) is 11.8. The summed E-state index contributed by atoms with van der Waals surface area (Å²) >= 11 is 0. The van der Waals surface area contributed by atoms with Crippen molar-refractivity contribution in [3.8, 4) is 11.5 Å². The molecule has 1 fully saturated rings. The summed E-state index contributed by atoms with van der Waals surface area (Å²) in [7, 11) is 1.62. The lowest BCUT2D eigenvalue weighted by Gasteiger charge is -2.20. The van der Waals surface area contributed by atoms with Gasteiger partial charge < -0.3 is 24.0 Å². The molecule has 2 heterocycles. The molecule has 1 N–H and O–H groups in total. The van der Waals surface area contributed by atoms with Crippen LogP contribution >= 0.6 is 0 Å². The van der Waals surface area contributed by atoms with Gasteiger partial charge in [-0.3, -0.25) is 4.79 Å². The van der Waals surface area contributed by atoms with Crippen LogP contribution in [0, 0.1) is 6.92 Å². The van der Waals surface area contributed by atoms with Crippen LogP contribution in [0.15, 0.2) is 72.8 Å². The average Bonchev–Trinajstić information content (AvgIpc) is 3.44. The molecule has 0 saturated carbocycles. The Labute approximate surface area is 204 Å². The van der Waals surface area contributed by atoms with Crippen LogP contribution in [-0.4, -0.2) is 46.9 Å². The molecule has 4 aromatic rings. The van der Waals surface area contributed by atoms with Gasteiger partial charge in [-0.2, -0.15) is 0 Å². The minimum absolute atomic E-state index is 0.0655. The van der Waals surface area contributed by atoms with Gasteiger partial charge in [0.05, 0.1) is 24.7 Å². The standard InChI is InChI=1S/C28H29N3O4/c1-19-7-3-5-9-25(19)30-16-20(15-27(30)33)28-29-24-8-4-6-10-26(24)31(28)17-21(32)18-35-23-13-11-22(34-2)12-14-23/h3-14,20-21,32H,15-18H2,1-2H3/t20-,21-/m1/s1. The van der Waals surface area contributed by atoms with Crippen molar-refractivity contribution in [3.05, 3.63) is 84.2 Å². The zero-order chi connectivity index (χ0) is 24.4. The van der Waals surface area contributed by atoms with Crippen LogP contribution in [0.2, 0.25) is 0 Å². The Morgan fingerprint density at radius 3 is 2.51 bits per heavy atom. The molecular formula is C28H29N3O4. The quantitative estimate of drug-likeness (QED) is 0.414. The SMILES string of the molecule is COc1ccc(OC[C@H](O)Cn2c([C@@H]3CC(=O)N(c4ccccc4C)C3)nc3ccccc32)cc1. The molecule has 0 unspecified atom stereocenters. The maximum absolute atomic E-state index is 13.0. The second kappa shape index (κ2) is 9.80. The van der Waals surface area contributed by atoms with E-state index in [1.54, 1.807) is 7.11 Å². The van der Waals surface area contributed by atoms with Crippen LogP contribution in [0.25, 0.3) is 11.0 Å². The number of methoxy groups -OCH3 is 1. The van der Waals surface area contributed by atoms with Gasteiger partial charge in [0.2, 0.25) is 5.91 Å². The minimum Gasteiger partial charge on any atom is -0.497 e. The Bertz CT molecular complexity index is 1330. The molecule has 5 rings (SSSR count). The van der Waals surface area contributed by atoms with Gasteiger partial charge in [-0.1, -0.05) is 30.3 Å². The number of aromatic nitrogens is 2. The number of anilines is 1. The maximum Gasteiger partial charge on any atom is 0.227 e. The lowest BCUT2D eigenvalue weighted by atomic mass is 10.1. The predicted molar refractivity (Wildman–Crippen MR) is 135 cm³/mol. The molecule has 1 aliphatic rings. The number of carbonyl (C=O) groups is 1. The van der Waals surface area contributed by atoms with E-state index >= 15 is 0 Å². The van der Waals surface area contributed by atoms with Crippen molar-refractivity contribution < 1.29 is 19.4 Å². The van der Waals surface area contributed by atoms with E-state index in [-0.39, 0.29) is 18.4 Å². The Morgan fingerprint density at radius 2 is 1.74 bits per heavy atom. The van der Waals surface area contributed by atoms with Gasteiger partial charge in [0, 0.05) is 24.6 Å². The number of nitrogens with zero attached hydrogens (tertiary/aromatic N) is 3. The summed E-state index contributed by atoms with van der Waals surface area (Å²) in [5.41, 5.74) is 3.80. The molecule has 0 spiro atoms. The Kier molecular flexibility index (Phi) is 6.42. The highest BCUT2D eigenvalue weighted by Crippen LogP contribution is 2.34. The maximum atomic E-state index is 13.0. The molecule has 35 heavy (non-hydrogen) atoms. The summed E-state index contributed by atoms with van der Waals surface area (Å²) in [5, 5.41) is 10.9. The number of fused-ring (bicyclic) bond motifs is 1. The first-order chi connectivity index (χ1) is 17.0. The Morgan fingerprint density at radius 1 is 1.03 bits per heavy atom. The fraction of sp³-hybridized carbons (Fsp3) is 0.286. The van der Waals surface area contributed by atoms with Crippen LogP contribution < -0.4 is 14.4 Å². The van der Waals surface area contributed by atoms with E-state index in [9.17, 15) is 9.90 Å². The van der Waals surface area contributed by atoms with E-state index in [0.717, 1.165) is 33.9 Å². The van der Waals surface area contributed by atoms with Gasteiger partial charge in [0.15, 0.2) is 0 Å². The van der Waals surface area contributed by atoms with Gasteiger partial charge in [0.1, 0.15) is 30.0 Å². The summed E-state index contributed by atoms with van der Waals surface area (Å²) in [6, 6.07) is 23.1. The molecule has 0 aliphatic carbocycles. The number of para-hydroxylation sites is 3. The number of hydrogen-bond acceptors (Lipinski definition) is 5. The lowest BCUT2D eigenvalue weighted by molar-refractivity contribution is -0.117. The molecule has 3 aromatic carbocycles. The molecule has 0 radical (unpaired) electrons. The number of aryl methyl sites for hydroxylation is 1. The van der Waals surface area contributed by atoms with Crippen molar-refractivity contribution >= 4 is 22.6 Å². The molecule has 1 amide bonds. The van der Waals surface area contributed by atoms with Gasteiger partial charge >= 0.3 is 0 Å². The van der Waals surface area contributed by atoms with Crippen molar-refractivity contribution in [2.24, 2.45) is 0 Å². The summed E-state index contributed by atoms with van der Waals surface area (Å²) in [5.74, 6) is 2.25. The molecule has 7 heteroatoms. The normalized spacial score (nSPS) is 16.6. The molecule has 180 valence electrons. The summed E-state index contributed by atoms with van der Waals surface area (Å²) in [4.78, 5) is 19.7. The largest absolute Gasteiger partial charge is 0.497 e. The monoisotopic (exact) mass is 471 g/mol. The Balaban J connectivity index is 1.36. The third kappa shape index (κ3) is 4.72. The smallest absolute Gasteiger partial charge is 0.227 e. The van der Waals surface area contributed by atoms with Crippen LogP contribution in [0.5, 0.6) is 11.5 Å². The fourth-order valence-corrected chi connectivity index (χ4v) is 4.71.